The zero-order chi connectivity index (χ0) is 14.3. The van der Waals surface area contributed by atoms with E-state index in [2.05, 4.69) is 10.6 Å². The second-order valence-corrected chi connectivity index (χ2v) is 4.51. The van der Waals surface area contributed by atoms with Gasteiger partial charge in [-0.25, -0.2) is 4.79 Å². The van der Waals surface area contributed by atoms with E-state index in [1.165, 1.54) is 0 Å². The third-order valence-electron chi connectivity index (χ3n) is 2.70. The number of rotatable bonds is 6. The molecule has 0 spiro atoms. The van der Waals surface area contributed by atoms with E-state index in [-0.39, 0.29) is 18.2 Å². The number of urea groups is 1. The highest BCUT2D eigenvalue weighted by molar-refractivity contribution is 5.89. The molecule has 0 fully saturated rings. The second kappa shape index (κ2) is 7.76. The van der Waals surface area contributed by atoms with Crippen molar-refractivity contribution in [2.75, 3.05) is 18.5 Å². The molecule has 0 saturated heterocycles. The molecular weight excluding hydrogens is 242 g/mol. The summed E-state index contributed by atoms with van der Waals surface area (Å²) in [5, 5.41) is 5.51. The first-order chi connectivity index (χ1) is 9.02. The molecule has 0 aromatic heterocycles. The maximum absolute atomic E-state index is 11.6. The van der Waals surface area contributed by atoms with E-state index in [1.807, 2.05) is 45.0 Å². The van der Waals surface area contributed by atoms with Gasteiger partial charge in [0.2, 0.25) is 0 Å². The third-order valence-corrected chi connectivity index (χ3v) is 2.70. The molecule has 2 unspecified atom stereocenters. The summed E-state index contributed by atoms with van der Waals surface area (Å²) in [5.41, 5.74) is 7.54. The predicted molar refractivity (Wildman–Crippen MR) is 77.2 cm³/mol. The number of amides is 2. The Hall–Kier alpha value is -1.59. The lowest BCUT2D eigenvalue weighted by atomic mass is 10.1. The van der Waals surface area contributed by atoms with Crippen molar-refractivity contribution >= 4 is 11.7 Å². The van der Waals surface area contributed by atoms with E-state index < -0.39 is 0 Å². The van der Waals surface area contributed by atoms with Crippen LogP contribution in [-0.2, 0) is 4.74 Å². The molecule has 2 atom stereocenters. The van der Waals surface area contributed by atoms with Crippen LogP contribution < -0.4 is 16.4 Å². The Morgan fingerprint density at radius 3 is 2.47 bits per heavy atom. The number of nitrogens with one attached hydrogen (secondary N) is 2. The number of hydrogen-bond acceptors (Lipinski definition) is 3. The van der Waals surface area contributed by atoms with E-state index in [0.29, 0.717) is 13.2 Å². The first-order valence-corrected chi connectivity index (χ1v) is 6.55. The fraction of sp³-hybridized carbons (Fsp3) is 0.500. The van der Waals surface area contributed by atoms with Gasteiger partial charge in [0.15, 0.2) is 0 Å². The fourth-order valence-electron chi connectivity index (χ4n) is 1.63. The Bertz CT molecular complexity index is 390. The minimum Gasteiger partial charge on any atom is -0.377 e. The molecule has 0 aliphatic carbocycles. The number of ether oxygens (including phenoxy) is 1. The summed E-state index contributed by atoms with van der Waals surface area (Å²) in [5.74, 6) is 0. The maximum atomic E-state index is 11.6. The lowest BCUT2D eigenvalue weighted by Crippen LogP contribution is -2.35. The molecule has 0 saturated carbocycles. The second-order valence-electron chi connectivity index (χ2n) is 4.51. The number of benzene rings is 1. The third kappa shape index (κ3) is 5.72. The molecule has 2 amide bonds. The smallest absolute Gasteiger partial charge is 0.319 e. The summed E-state index contributed by atoms with van der Waals surface area (Å²) in [7, 11) is 0. The highest BCUT2D eigenvalue weighted by Gasteiger charge is 2.05. The molecule has 0 aliphatic heterocycles. The molecule has 5 heteroatoms. The summed E-state index contributed by atoms with van der Waals surface area (Å²) in [6.45, 7) is 6.89. The molecule has 0 heterocycles. The fourth-order valence-corrected chi connectivity index (χ4v) is 1.63. The normalized spacial score (nSPS) is 13.7. The average molecular weight is 265 g/mol. The van der Waals surface area contributed by atoms with Crippen molar-refractivity contribution in [2.24, 2.45) is 5.73 Å². The van der Waals surface area contributed by atoms with Crippen molar-refractivity contribution in [3.63, 3.8) is 0 Å². The van der Waals surface area contributed by atoms with Gasteiger partial charge in [-0.3, -0.25) is 0 Å². The molecule has 1 aromatic rings. The first-order valence-electron chi connectivity index (χ1n) is 6.55. The summed E-state index contributed by atoms with van der Waals surface area (Å²) >= 11 is 0. The van der Waals surface area contributed by atoms with Crippen LogP contribution in [0.1, 0.15) is 32.4 Å². The van der Waals surface area contributed by atoms with E-state index in [9.17, 15) is 4.79 Å². The van der Waals surface area contributed by atoms with Crippen LogP contribution in [-0.4, -0.2) is 25.3 Å². The standard InChI is InChI=1S/C14H23N3O2/c1-4-19-10(2)9-16-14(18)17-13-7-5-12(6-8-13)11(3)15/h5-8,10-11H,4,9,15H2,1-3H3,(H2,16,17,18). The van der Waals surface area contributed by atoms with Crippen molar-refractivity contribution in [2.45, 2.75) is 32.9 Å². The SMILES string of the molecule is CCOC(C)CNC(=O)Nc1ccc(C(C)N)cc1. The van der Waals surface area contributed by atoms with Gasteiger partial charge in [0.25, 0.3) is 0 Å². The van der Waals surface area contributed by atoms with Gasteiger partial charge >= 0.3 is 6.03 Å². The van der Waals surface area contributed by atoms with Crippen molar-refractivity contribution in [3.8, 4) is 0 Å². The Morgan fingerprint density at radius 1 is 1.32 bits per heavy atom. The van der Waals surface area contributed by atoms with E-state index in [4.69, 9.17) is 10.5 Å². The molecular formula is C14H23N3O2. The van der Waals surface area contributed by atoms with Crippen LogP contribution in [0.4, 0.5) is 10.5 Å². The maximum Gasteiger partial charge on any atom is 0.319 e. The Morgan fingerprint density at radius 2 is 1.95 bits per heavy atom. The van der Waals surface area contributed by atoms with Crippen LogP contribution in [0.2, 0.25) is 0 Å². The molecule has 4 N–H and O–H groups in total. The lowest BCUT2D eigenvalue weighted by Gasteiger charge is -2.13. The topological polar surface area (TPSA) is 76.4 Å². The Balaban J connectivity index is 2.40. The van der Waals surface area contributed by atoms with Gasteiger partial charge < -0.3 is 21.1 Å². The molecule has 0 radical (unpaired) electrons. The predicted octanol–water partition coefficient (Wildman–Crippen LogP) is 2.25. The van der Waals surface area contributed by atoms with Crippen LogP contribution >= 0.6 is 0 Å². The molecule has 0 bridgehead atoms. The van der Waals surface area contributed by atoms with Crippen LogP contribution in [0.25, 0.3) is 0 Å². The molecule has 1 aromatic carbocycles. The van der Waals surface area contributed by atoms with Crippen LogP contribution in [0, 0.1) is 0 Å². The van der Waals surface area contributed by atoms with Crippen molar-refractivity contribution in [3.05, 3.63) is 29.8 Å². The minimum absolute atomic E-state index is 0.00470. The van der Waals surface area contributed by atoms with E-state index in [1.54, 1.807) is 0 Å². The monoisotopic (exact) mass is 265 g/mol. The van der Waals surface area contributed by atoms with Gasteiger partial charge in [-0.1, -0.05) is 12.1 Å². The summed E-state index contributed by atoms with van der Waals surface area (Å²) in [4.78, 5) is 11.6. The quantitative estimate of drug-likeness (QED) is 0.738. The number of hydrogen-bond donors (Lipinski definition) is 3. The Labute approximate surface area is 114 Å². The summed E-state index contributed by atoms with van der Waals surface area (Å²) in [6.07, 6.45) is 0.0104. The summed E-state index contributed by atoms with van der Waals surface area (Å²) < 4.78 is 5.33. The van der Waals surface area contributed by atoms with Gasteiger partial charge in [-0.05, 0) is 38.5 Å². The highest BCUT2D eigenvalue weighted by Crippen LogP contribution is 2.13. The van der Waals surface area contributed by atoms with Crippen molar-refractivity contribution < 1.29 is 9.53 Å². The van der Waals surface area contributed by atoms with Crippen LogP contribution in [0.15, 0.2) is 24.3 Å². The van der Waals surface area contributed by atoms with Crippen molar-refractivity contribution in [1.29, 1.82) is 0 Å². The highest BCUT2D eigenvalue weighted by atomic mass is 16.5. The van der Waals surface area contributed by atoms with Gasteiger partial charge in [-0.2, -0.15) is 0 Å². The molecule has 19 heavy (non-hydrogen) atoms. The zero-order valence-corrected chi connectivity index (χ0v) is 11.8. The molecule has 0 aliphatic rings. The lowest BCUT2D eigenvalue weighted by molar-refractivity contribution is 0.0780. The number of anilines is 1. The van der Waals surface area contributed by atoms with Gasteiger partial charge in [0.1, 0.15) is 0 Å². The van der Waals surface area contributed by atoms with Gasteiger partial charge in [-0.15, -0.1) is 0 Å². The number of carbonyl (C=O) groups excluding carboxylic acids is 1. The van der Waals surface area contributed by atoms with E-state index >= 15 is 0 Å². The van der Waals surface area contributed by atoms with Gasteiger partial charge in [0, 0.05) is 24.9 Å². The van der Waals surface area contributed by atoms with Crippen molar-refractivity contribution in [1.82, 2.24) is 5.32 Å². The van der Waals surface area contributed by atoms with E-state index in [0.717, 1.165) is 11.3 Å². The number of nitrogens with two attached hydrogens (primary N) is 1. The zero-order valence-electron chi connectivity index (χ0n) is 11.8. The molecule has 5 nitrogen and oxygen atoms in total. The minimum atomic E-state index is -0.236. The largest absolute Gasteiger partial charge is 0.377 e. The summed E-state index contributed by atoms with van der Waals surface area (Å²) in [6, 6.07) is 7.25. The van der Waals surface area contributed by atoms with Crippen LogP contribution in [0.3, 0.4) is 0 Å². The van der Waals surface area contributed by atoms with Gasteiger partial charge in [0.05, 0.1) is 6.10 Å². The first kappa shape index (κ1) is 15.5. The Kier molecular flexibility index (Phi) is 6.32. The molecule has 106 valence electrons. The van der Waals surface area contributed by atoms with Crippen LogP contribution in [0.5, 0.6) is 0 Å². The molecule has 1 rings (SSSR count). The number of carbonyl (C=O) groups is 1. The average Bonchev–Trinajstić information content (AvgIpc) is 2.37.